The molecule has 31 heavy (non-hydrogen) atoms. The minimum absolute atomic E-state index is 0.0677. The predicted molar refractivity (Wildman–Crippen MR) is 113 cm³/mol. The number of hydrogen-bond donors (Lipinski definition) is 4. The molecule has 0 saturated heterocycles. The quantitative estimate of drug-likeness (QED) is 0.503. The van der Waals surface area contributed by atoms with E-state index >= 15 is 0 Å². The summed E-state index contributed by atoms with van der Waals surface area (Å²) in [5.41, 5.74) is 3.03. The second kappa shape index (κ2) is 9.01. The number of hydrogen-bond acceptors (Lipinski definition) is 7. The normalized spacial score (nSPS) is 23.1. The van der Waals surface area contributed by atoms with Gasteiger partial charge in [-0.2, -0.15) is 5.21 Å². The van der Waals surface area contributed by atoms with E-state index in [1.165, 1.54) is 0 Å². The standard InChI is InChI=1S/C21H29N7O3/c1-3-12(2)9-18(29)23-15-8-7-13-5-4-6-14-10-16(28(19(13)14)21(15)31)20(30)22-11-17-24-26-27-25-17/h4-6,12,15-16,21,31H,3,7-11H2,1-2H3,(H,22,30)(H,23,29)(H,24,25,26,27)/t12-,15-,16-,21?/m0/s1. The van der Waals surface area contributed by atoms with Crippen molar-refractivity contribution in [1.82, 2.24) is 31.3 Å². The summed E-state index contributed by atoms with van der Waals surface area (Å²) in [6, 6.07) is 4.97. The Bertz CT molecular complexity index is 933. The SMILES string of the molecule is CC[C@H](C)CC(=O)N[C@H]1CCc2cccc3c2N(C1O)[C@H](C(=O)NCc1nn[nH]n1)C3. The number of tetrazole rings is 1. The van der Waals surface area contributed by atoms with E-state index in [1.54, 1.807) is 4.90 Å². The van der Waals surface area contributed by atoms with E-state index in [0.29, 0.717) is 25.1 Å². The lowest BCUT2D eigenvalue weighted by atomic mass is 10.0. The molecule has 1 aromatic carbocycles. The molecule has 1 unspecified atom stereocenters. The Kier molecular flexibility index (Phi) is 6.17. The number of aliphatic hydroxyl groups is 1. The zero-order valence-corrected chi connectivity index (χ0v) is 17.8. The molecule has 0 saturated carbocycles. The molecule has 1 aromatic heterocycles. The van der Waals surface area contributed by atoms with Gasteiger partial charge in [0.1, 0.15) is 12.3 Å². The fourth-order valence-corrected chi connectivity index (χ4v) is 4.41. The molecule has 2 amide bonds. The van der Waals surface area contributed by atoms with Gasteiger partial charge in [0.25, 0.3) is 0 Å². The number of nitrogens with one attached hydrogen (secondary N) is 3. The number of anilines is 1. The molecule has 2 aliphatic heterocycles. The Hall–Kier alpha value is -3.01. The summed E-state index contributed by atoms with van der Waals surface area (Å²) < 4.78 is 0. The van der Waals surface area contributed by atoms with Gasteiger partial charge in [-0.05, 0) is 29.9 Å². The summed E-state index contributed by atoms with van der Waals surface area (Å²) in [5.74, 6) is 0.373. The Morgan fingerprint density at radius 2 is 2.16 bits per heavy atom. The molecule has 4 N–H and O–H groups in total. The van der Waals surface area contributed by atoms with Crippen LogP contribution >= 0.6 is 0 Å². The number of aromatic nitrogens is 4. The van der Waals surface area contributed by atoms with Gasteiger partial charge in [0, 0.05) is 18.5 Å². The fraction of sp³-hybridized carbons (Fsp3) is 0.571. The number of H-pyrrole nitrogens is 1. The minimum atomic E-state index is -0.994. The molecular formula is C21H29N7O3. The van der Waals surface area contributed by atoms with Crippen molar-refractivity contribution >= 4 is 17.5 Å². The Morgan fingerprint density at radius 1 is 1.35 bits per heavy atom. The van der Waals surface area contributed by atoms with Gasteiger partial charge in [-0.25, -0.2) is 0 Å². The number of amides is 2. The minimum Gasteiger partial charge on any atom is -0.371 e. The lowest BCUT2D eigenvalue weighted by molar-refractivity contribution is -0.123. The van der Waals surface area contributed by atoms with Crippen LogP contribution in [0.3, 0.4) is 0 Å². The second-order valence-electron chi connectivity index (χ2n) is 8.44. The maximum Gasteiger partial charge on any atom is 0.243 e. The summed E-state index contributed by atoms with van der Waals surface area (Å²) in [6.07, 6.45) is 2.18. The van der Waals surface area contributed by atoms with Crippen molar-refractivity contribution in [3.05, 3.63) is 35.2 Å². The van der Waals surface area contributed by atoms with E-state index in [4.69, 9.17) is 0 Å². The molecule has 0 bridgehead atoms. The molecular weight excluding hydrogens is 398 g/mol. The maximum absolute atomic E-state index is 13.0. The highest BCUT2D eigenvalue weighted by molar-refractivity contribution is 5.89. The van der Waals surface area contributed by atoms with Gasteiger partial charge >= 0.3 is 0 Å². The van der Waals surface area contributed by atoms with Gasteiger partial charge < -0.3 is 20.6 Å². The third kappa shape index (κ3) is 4.39. The van der Waals surface area contributed by atoms with Crippen LogP contribution in [0.1, 0.15) is 50.1 Å². The van der Waals surface area contributed by atoms with E-state index in [1.807, 2.05) is 25.1 Å². The molecule has 3 heterocycles. The van der Waals surface area contributed by atoms with Gasteiger partial charge in [-0.3, -0.25) is 9.59 Å². The highest BCUT2D eigenvalue weighted by Crippen LogP contribution is 2.40. The molecule has 0 fully saturated rings. The number of aryl methyl sites for hydroxylation is 1. The van der Waals surface area contributed by atoms with Gasteiger partial charge in [0.15, 0.2) is 5.82 Å². The first-order chi connectivity index (χ1) is 15.0. The predicted octanol–water partition coefficient (Wildman–Crippen LogP) is 0.433. The molecule has 0 spiro atoms. The highest BCUT2D eigenvalue weighted by atomic mass is 16.3. The lowest BCUT2D eigenvalue weighted by Gasteiger charge is -2.35. The maximum atomic E-state index is 13.0. The molecule has 166 valence electrons. The second-order valence-corrected chi connectivity index (χ2v) is 8.44. The van der Waals surface area contributed by atoms with Gasteiger partial charge in [-0.15, -0.1) is 10.2 Å². The largest absolute Gasteiger partial charge is 0.371 e. The van der Waals surface area contributed by atoms with E-state index < -0.39 is 18.3 Å². The van der Waals surface area contributed by atoms with E-state index in [0.717, 1.165) is 29.7 Å². The van der Waals surface area contributed by atoms with E-state index in [-0.39, 0.29) is 24.3 Å². The van der Waals surface area contributed by atoms with Gasteiger partial charge in [-0.1, -0.05) is 43.7 Å². The van der Waals surface area contributed by atoms with Crippen molar-refractivity contribution < 1.29 is 14.7 Å². The zero-order valence-electron chi connectivity index (χ0n) is 17.8. The number of para-hydroxylation sites is 1. The van der Waals surface area contributed by atoms with Crippen LogP contribution in [-0.4, -0.2) is 55.9 Å². The fourth-order valence-electron chi connectivity index (χ4n) is 4.41. The zero-order chi connectivity index (χ0) is 22.0. The van der Waals surface area contributed by atoms with Crippen LogP contribution in [0.15, 0.2) is 18.2 Å². The number of aromatic amines is 1. The topological polar surface area (TPSA) is 136 Å². The van der Waals surface area contributed by atoms with Crippen molar-refractivity contribution in [2.24, 2.45) is 5.92 Å². The molecule has 10 heteroatoms. The van der Waals surface area contributed by atoms with Crippen molar-refractivity contribution in [3.8, 4) is 0 Å². The van der Waals surface area contributed by atoms with Crippen molar-refractivity contribution in [2.45, 2.75) is 70.8 Å². The third-order valence-corrected chi connectivity index (χ3v) is 6.27. The Labute approximate surface area is 180 Å². The monoisotopic (exact) mass is 427 g/mol. The summed E-state index contributed by atoms with van der Waals surface area (Å²) in [5, 5.41) is 30.7. The van der Waals surface area contributed by atoms with Gasteiger partial charge in [0.2, 0.25) is 11.8 Å². The van der Waals surface area contributed by atoms with Crippen molar-refractivity contribution in [3.63, 3.8) is 0 Å². The molecule has 2 aliphatic rings. The summed E-state index contributed by atoms with van der Waals surface area (Å²) in [6.45, 7) is 4.24. The number of rotatable bonds is 7. The van der Waals surface area contributed by atoms with Crippen molar-refractivity contribution in [2.75, 3.05) is 4.90 Å². The Balaban J connectivity index is 1.54. The van der Waals surface area contributed by atoms with Crippen LogP contribution in [0.25, 0.3) is 0 Å². The van der Waals surface area contributed by atoms with E-state index in [2.05, 4.69) is 38.2 Å². The molecule has 0 radical (unpaired) electrons. The molecule has 4 rings (SSSR count). The Morgan fingerprint density at radius 3 is 2.90 bits per heavy atom. The van der Waals surface area contributed by atoms with Crippen LogP contribution in [0, 0.1) is 5.92 Å². The van der Waals surface area contributed by atoms with Crippen LogP contribution in [0.5, 0.6) is 0 Å². The molecule has 0 aliphatic carbocycles. The molecule has 2 aromatic rings. The first-order valence-corrected chi connectivity index (χ1v) is 10.8. The first kappa shape index (κ1) is 21.2. The number of aliphatic hydroxyl groups excluding tert-OH is 1. The van der Waals surface area contributed by atoms with Crippen molar-refractivity contribution in [1.29, 1.82) is 0 Å². The lowest BCUT2D eigenvalue weighted by Crippen LogP contribution is -2.57. The molecule has 10 nitrogen and oxygen atoms in total. The average Bonchev–Trinajstić information content (AvgIpc) is 3.39. The average molecular weight is 428 g/mol. The first-order valence-electron chi connectivity index (χ1n) is 10.8. The van der Waals surface area contributed by atoms with Gasteiger partial charge in [0.05, 0.1) is 12.6 Å². The summed E-state index contributed by atoms with van der Waals surface area (Å²) >= 11 is 0. The highest BCUT2D eigenvalue weighted by Gasteiger charge is 2.43. The molecule has 4 atom stereocenters. The number of carbonyl (C=O) groups excluding carboxylic acids is 2. The van der Waals surface area contributed by atoms with E-state index in [9.17, 15) is 14.7 Å². The van der Waals surface area contributed by atoms with Crippen LogP contribution in [0.2, 0.25) is 0 Å². The van der Waals surface area contributed by atoms with Crippen LogP contribution in [-0.2, 0) is 29.0 Å². The van der Waals surface area contributed by atoms with Crippen LogP contribution < -0.4 is 15.5 Å². The number of nitrogens with zero attached hydrogens (tertiary/aromatic N) is 4. The smallest absolute Gasteiger partial charge is 0.243 e. The van der Waals surface area contributed by atoms with Crippen LogP contribution in [0.4, 0.5) is 5.69 Å². The number of carbonyl (C=O) groups is 2. The summed E-state index contributed by atoms with van der Waals surface area (Å²) in [7, 11) is 0. The third-order valence-electron chi connectivity index (χ3n) is 6.27. The number of benzene rings is 1. The summed E-state index contributed by atoms with van der Waals surface area (Å²) in [4.78, 5) is 27.3.